The lowest BCUT2D eigenvalue weighted by molar-refractivity contribution is 0.0133. The molecule has 1 amide bonds. The second-order valence-electron chi connectivity index (χ2n) is 9.11. The highest BCUT2D eigenvalue weighted by atomic mass is 35.5. The Balaban J connectivity index is 0.000000340. The first-order valence-electron chi connectivity index (χ1n) is 10.9. The van der Waals surface area contributed by atoms with Gasteiger partial charge in [0, 0.05) is 23.7 Å². The SMILES string of the molecule is Cc1c(Cl)ccc(N)c1F.Cc1ccc(S(=O)(=O)OC2CCN(C(=O)OC(C)(C)C)CC2)cc1. The summed E-state index contributed by atoms with van der Waals surface area (Å²) in [5, 5.41) is 0.409. The molecule has 3 rings (SSSR count). The molecule has 0 radical (unpaired) electrons. The molecule has 1 aliphatic heterocycles. The molecule has 0 saturated carbocycles. The molecule has 0 aliphatic carbocycles. The molecule has 0 aromatic heterocycles. The summed E-state index contributed by atoms with van der Waals surface area (Å²) in [5.41, 5.74) is 6.24. The number of anilines is 1. The predicted molar refractivity (Wildman–Crippen MR) is 131 cm³/mol. The van der Waals surface area contributed by atoms with Crippen LogP contribution in [0.3, 0.4) is 0 Å². The van der Waals surface area contributed by atoms with E-state index in [1.54, 1.807) is 42.2 Å². The van der Waals surface area contributed by atoms with Crippen LogP contribution < -0.4 is 5.73 Å². The lowest BCUT2D eigenvalue weighted by Crippen LogP contribution is -2.43. The molecule has 1 saturated heterocycles. The number of nitrogens with two attached hydrogens (primary N) is 1. The topological polar surface area (TPSA) is 98.9 Å². The van der Waals surface area contributed by atoms with Crippen LogP contribution in [0.15, 0.2) is 41.3 Å². The van der Waals surface area contributed by atoms with E-state index in [1.807, 2.05) is 27.7 Å². The van der Waals surface area contributed by atoms with Gasteiger partial charge < -0.3 is 15.4 Å². The molecule has 2 N–H and O–H groups in total. The number of nitrogen functional groups attached to an aromatic ring is 1. The normalized spacial score (nSPS) is 14.9. The van der Waals surface area contributed by atoms with Crippen molar-refractivity contribution >= 4 is 33.5 Å². The number of hydrogen-bond donors (Lipinski definition) is 1. The van der Waals surface area contributed by atoms with Crippen molar-refractivity contribution in [1.29, 1.82) is 0 Å². The Bertz CT molecular complexity index is 1070. The van der Waals surface area contributed by atoms with Crippen LogP contribution in [0.25, 0.3) is 0 Å². The van der Waals surface area contributed by atoms with Crippen LogP contribution >= 0.6 is 11.6 Å². The second-order valence-corrected chi connectivity index (χ2v) is 11.1. The number of hydrogen-bond acceptors (Lipinski definition) is 6. The number of benzene rings is 2. The summed E-state index contributed by atoms with van der Waals surface area (Å²) in [5.74, 6) is -0.424. The molecule has 1 heterocycles. The quantitative estimate of drug-likeness (QED) is 0.430. The average Bonchev–Trinajstić information content (AvgIpc) is 2.75. The van der Waals surface area contributed by atoms with Crippen LogP contribution in [-0.4, -0.2) is 44.2 Å². The van der Waals surface area contributed by atoms with Crippen molar-refractivity contribution in [2.24, 2.45) is 0 Å². The fraction of sp³-hybridized carbons (Fsp3) is 0.458. The smallest absolute Gasteiger partial charge is 0.410 e. The van der Waals surface area contributed by atoms with Crippen molar-refractivity contribution in [3.05, 3.63) is 58.4 Å². The maximum atomic E-state index is 12.8. The van der Waals surface area contributed by atoms with E-state index in [0.717, 1.165) is 5.56 Å². The molecule has 2 aromatic carbocycles. The van der Waals surface area contributed by atoms with Crippen LogP contribution in [0.5, 0.6) is 0 Å². The minimum Gasteiger partial charge on any atom is -0.444 e. The molecular formula is C24H32ClFN2O5S. The summed E-state index contributed by atoms with van der Waals surface area (Å²) < 4.78 is 48.0. The zero-order chi connectivity index (χ0) is 25.7. The summed E-state index contributed by atoms with van der Waals surface area (Å²) in [4.78, 5) is 13.7. The number of carbonyl (C=O) groups is 1. The average molecular weight is 515 g/mol. The highest BCUT2D eigenvalue weighted by Crippen LogP contribution is 2.23. The van der Waals surface area contributed by atoms with Gasteiger partial charge in [-0.1, -0.05) is 29.3 Å². The Morgan fingerprint density at radius 3 is 2.15 bits per heavy atom. The summed E-state index contributed by atoms with van der Waals surface area (Å²) >= 11 is 5.59. The van der Waals surface area contributed by atoms with E-state index in [4.69, 9.17) is 26.3 Å². The molecule has 0 bridgehead atoms. The lowest BCUT2D eigenvalue weighted by Gasteiger charge is -2.33. The number of aryl methyl sites for hydroxylation is 1. The van der Waals surface area contributed by atoms with Gasteiger partial charge in [0.2, 0.25) is 0 Å². The molecule has 10 heteroatoms. The molecule has 0 spiro atoms. The Morgan fingerprint density at radius 1 is 1.09 bits per heavy atom. The number of ether oxygens (including phenoxy) is 1. The molecule has 1 fully saturated rings. The molecule has 0 unspecified atom stereocenters. The summed E-state index contributed by atoms with van der Waals surface area (Å²) in [6.45, 7) is 9.77. The highest BCUT2D eigenvalue weighted by molar-refractivity contribution is 7.86. The molecule has 0 atom stereocenters. The molecule has 34 heavy (non-hydrogen) atoms. The highest BCUT2D eigenvalue weighted by Gasteiger charge is 2.30. The van der Waals surface area contributed by atoms with Gasteiger partial charge in [0.25, 0.3) is 10.1 Å². The van der Waals surface area contributed by atoms with Crippen LogP contribution in [-0.2, 0) is 19.0 Å². The molecule has 188 valence electrons. The van der Waals surface area contributed by atoms with Crippen LogP contribution in [0.2, 0.25) is 5.02 Å². The van der Waals surface area contributed by atoms with Crippen molar-refractivity contribution in [2.45, 2.75) is 64.1 Å². The third kappa shape index (κ3) is 8.14. The number of halogens is 2. The van der Waals surface area contributed by atoms with E-state index < -0.39 is 27.6 Å². The number of amides is 1. The predicted octanol–water partition coefficient (Wildman–Crippen LogP) is 5.47. The first-order valence-corrected chi connectivity index (χ1v) is 12.7. The van der Waals surface area contributed by atoms with E-state index in [0.29, 0.717) is 36.5 Å². The molecule has 1 aliphatic rings. The number of piperidine rings is 1. The van der Waals surface area contributed by atoms with E-state index in [-0.39, 0.29) is 16.7 Å². The first-order chi connectivity index (χ1) is 15.7. The van der Waals surface area contributed by atoms with Gasteiger partial charge in [-0.25, -0.2) is 9.18 Å². The lowest BCUT2D eigenvalue weighted by atomic mass is 10.1. The minimum absolute atomic E-state index is 0.141. The molecular weight excluding hydrogens is 483 g/mol. The number of carbonyl (C=O) groups excluding carboxylic acids is 1. The summed E-state index contributed by atoms with van der Waals surface area (Å²) in [7, 11) is -3.78. The van der Waals surface area contributed by atoms with Gasteiger partial charge in [0.1, 0.15) is 11.4 Å². The fourth-order valence-corrected chi connectivity index (χ4v) is 4.36. The van der Waals surface area contributed by atoms with Gasteiger partial charge in [-0.2, -0.15) is 8.42 Å². The fourth-order valence-electron chi connectivity index (χ4n) is 3.08. The molecule has 7 nitrogen and oxygen atoms in total. The van der Waals surface area contributed by atoms with Crippen molar-refractivity contribution in [3.8, 4) is 0 Å². The first kappa shape index (κ1) is 27.9. The number of likely N-dealkylation sites (tertiary alicyclic amines) is 1. The summed E-state index contributed by atoms with van der Waals surface area (Å²) in [6, 6.07) is 9.59. The Hall–Kier alpha value is -2.36. The van der Waals surface area contributed by atoms with Crippen molar-refractivity contribution in [2.75, 3.05) is 18.8 Å². The number of rotatable bonds is 3. The third-order valence-electron chi connectivity index (χ3n) is 5.02. The van der Waals surface area contributed by atoms with Gasteiger partial charge in [0.15, 0.2) is 0 Å². The van der Waals surface area contributed by atoms with E-state index >= 15 is 0 Å². The second kappa shape index (κ2) is 11.4. The Morgan fingerprint density at radius 2 is 1.65 bits per heavy atom. The standard InChI is InChI=1S/C17H25NO5S.C7H7ClFN/c1-13-5-7-15(8-6-13)24(20,21)23-14-9-11-18(12-10-14)16(19)22-17(2,3)4;1-4-5(8)2-3-6(10)7(4)9/h5-8,14H,9-12H2,1-4H3;2-3H,10H2,1H3. The van der Waals surface area contributed by atoms with E-state index in [2.05, 4.69) is 0 Å². The van der Waals surface area contributed by atoms with Crippen molar-refractivity contribution in [1.82, 2.24) is 4.90 Å². The zero-order valence-electron chi connectivity index (χ0n) is 20.1. The van der Waals surface area contributed by atoms with Gasteiger partial charge >= 0.3 is 6.09 Å². The van der Waals surface area contributed by atoms with Gasteiger partial charge in [-0.05, 0) is 71.7 Å². The van der Waals surface area contributed by atoms with E-state index in [1.165, 1.54) is 6.07 Å². The van der Waals surface area contributed by atoms with Gasteiger partial charge in [0.05, 0.1) is 16.7 Å². The molecule has 2 aromatic rings. The largest absolute Gasteiger partial charge is 0.444 e. The number of nitrogens with zero attached hydrogens (tertiary/aromatic N) is 1. The maximum absolute atomic E-state index is 12.8. The summed E-state index contributed by atoms with van der Waals surface area (Å²) in [6.07, 6.45) is 0.131. The Labute approximate surface area is 206 Å². The van der Waals surface area contributed by atoms with Crippen LogP contribution in [0.1, 0.15) is 44.7 Å². The van der Waals surface area contributed by atoms with Crippen molar-refractivity contribution < 1.29 is 26.5 Å². The monoisotopic (exact) mass is 514 g/mol. The van der Waals surface area contributed by atoms with Crippen LogP contribution in [0, 0.1) is 19.7 Å². The third-order valence-corrected chi connectivity index (χ3v) is 6.80. The Kier molecular flexibility index (Phi) is 9.33. The van der Waals surface area contributed by atoms with Gasteiger partial charge in [-0.3, -0.25) is 4.18 Å². The zero-order valence-corrected chi connectivity index (χ0v) is 21.7. The van der Waals surface area contributed by atoms with Gasteiger partial charge in [-0.15, -0.1) is 0 Å². The van der Waals surface area contributed by atoms with E-state index in [9.17, 15) is 17.6 Å². The van der Waals surface area contributed by atoms with Crippen molar-refractivity contribution in [3.63, 3.8) is 0 Å². The van der Waals surface area contributed by atoms with Crippen LogP contribution in [0.4, 0.5) is 14.9 Å². The maximum Gasteiger partial charge on any atom is 0.410 e. The minimum atomic E-state index is -3.78.